The third kappa shape index (κ3) is 5.15. The molecule has 0 aromatic carbocycles. The largest absolute Gasteiger partial charge is 0.352 e. The maximum atomic E-state index is 12.2. The van der Waals surface area contributed by atoms with Crippen molar-refractivity contribution < 1.29 is 13.2 Å². The van der Waals surface area contributed by atoms with Crippen LogP contribution in [0.25, 0.3) is 0 Å². The molecular weight excluding hydrogens is 318 g/mol. The Labute approximate surface area is 139 Å². The fourth-order valence-corrected chi connectivity index (χ4v) is 7.13. The molecule has 6 heteroatoms. The lowest BCUT2D eigenvalue weighted by Gasteiger charge is -2.40. The third-order valence-electron chi connectivity index (χ3n) is 4.87. The van der Waals surface area contributed by atoms with E-state index in [0.29, 0.717) is 18.1 Å². The van der Waals surface area contributed by atoms with Gasteiger partial charge in [-0.3, -0.25) is 4.79 Å². The van der Waals surface area contributed by atoms with Gasteiger partial charge in [-0.2, -0.15) is 0 Å². The first-order valence-electron chi connectivity index (χ1n) is 8.29. The van der Waals surface area contributed by atoms with Gasteiger partial charge in [-0.25, -0.2) is 8.42 Å². The molecule has 1 aliphatic carbocycles. The van der Waals surface area contributed by atoms with Crippen molar-refractivity contribution in [2.75, 3.05) is 17.3 Å². The summed E-state index contributed by atoms with van der Waals surface area (Å²) in [4.78, 5) is 12.2. The number of rotatable bonds is 4. The van der Waals surface area contributed by atoms with E-state index in [1.807, 2.05) is 0 Å². The van der Waals surface area contributed by atoms with Crippen LogP contribution in [0.15, 0.2) is 0 Å². The van der Waals surface area contributed by atoms with Crippen LogP contribution in [0.5, 0.6) is 0 Å². The minimum Gasteiger partial charge on any atom is -0.352 e. The fraction of sp³-hybridized carbons (Fsp3) is 0.938. The number of sulfone groups is 1. The molecule has 0 unspecified atom stereocenters. The Kier molecular flexibility index (Phi) is 5.86. The van der Waals surface area contributed by atoms with Crippen molar-refractivity contribution in [1.82, 2.24) is 5.32 Å². The van der Waals surface area contributed by atoms with E-state index in [1.54, 1.807) is 0 Å². The molecule has 1 heterocycles. The van der Waals surface area contributed by atoms with Crippen LogP contribution >= 0.6 is 11.8 Å². The monoisotopic (exact) mass is 347 g/mol. The van der Waals surface area contributed by atoms with Crippen LogP contribution in [0.2, 0.25) is 0 Å². The van der Waals surface area contributed by atoms with Gasteiger partial charge < -0.3 is 5.32 Å². The number of hydrogen-bond acceptors (Lipinski definition) is 4. The number of nitrogens with one attached hydrogen (secondary N) is 1. The van der Waals surface area contributed by atoms with E-state index in [1.165, 1.54) is 31.0 Å². The summed E-state index contributed by atoms with van der Waals surface area (Å²) in [7, 11) is -2.85. The highest BCUT2D eigenvalue weighted by molar-refractivity contribution is 8.02. The van der Waals surface area contributed by atoms with Crippen LogP contribution in [0.4, 0.5) is 0 Å². The second kappa shape index (κ2) is 7.12. The topological polar surface area (TPSA) is 63.2 Å². The standard InChI is InChI=1S/C16H29NO3S2/c1-16(2,3)13-6-4-5-7-14(13)17-15(18)10-21-12-8-9-22(19,20)11-12/h12-14H,4-11H2,1-3H3,(H,17,18)/t12-,13+,14+/m0/s1. The molecule has 22 heavy (non-hydrogen) atoms. The van der Waals surface area contributed by atoms with Crippen LogP contribution in [0.3, 0.4) is 0 Å². The second-order valence-electron chi connectivity index (χ2n) is 7.77. The smallest absolute Gasteiger partial charge is 0.230 e. The molecule has 0 aromatic heterocycles. The Bertz CT molecular complexity index is 496. The van der Waals surface area contributed by atoms with Gasteiger partial charge in [0.25, 0.3) is 0 Å². The molecule has 1 aliphatic heterocycles. The highest BCUT2D eigenvalue weighted by Gasteiger charge is 2.35. The van der Waals surface area contributed by atoms with Gasteiger partial charge in [0.05, 0.1) is 17.3 Å². The van der Waals surface area contributed by atoms with Crippen LogP contribution in [0, 0.1) is 11.3 Å². The summed E-state index contributed by atoms with van der Waals surface area (Å²) in [5.41, 5.74) is 0.213. The molecule has 2 rings (SSSR count). The molecule has 128 valence electrons. The molecule has 1 saturated carbocycles. The van der Waals surface area contributed by atoms with E-state index in [0.717, 1.165) is 6.42 Å². The molecule has 2 aliphatic rings. The number of hydrogen-bond donors (Lipinski definition) is 1. The van der Waals surface area contributed by atoms with Crippen LogP contribution < -0.4 is 5.32 Å². The van der Waals surface area contributed by atoms with Gasteiger partial charge >= 0.3 is 0 Å². The lowest BCUT2D eigenvalue weighted by atomic mass is 9.69. The first-order valence-corrected chi connectivity index (χ1v) is 11.2. The summed E-state index contributed by atoms with van der Waals surface area (Å²) in [6.07, 6.45) is 5.38. The normalized spacial score (nSPS) is 31.9. The molecular formula is C16H29NO3S2. The molecule has 0 spiro atoms. The van der Waals surface area contributed by atoms with E-state index < -0.39 is 9.84 Å². The van der Waals surface area contributed by atoms with Crippen molar-refractivity contribution in [2.24, 2.45) is 11.3 Å². The first-order chi connectivity index (χ1) is 10.2. The lowest BCUT2D eigenvalue weighted by molar-refractivity contribution is -0.120. The molecule has 1 amide bonds. The predicted molar refractivity (Wildman–Crippen MR) is 92.9 cm³/mol. The SMILES string of the molecule is CC(C)(C)[C@@H]1CCCC[C@H]1NC(=O)CS[C@H]1CCS(=O)(=O)C1. The zero-order valence-electron chi connectivity index (χ0n) is 13.9. The summed E-state index contributed by atoms with van der Waals surface area (Å²) in [6, 6.07) is 0.272. The van der Waals surface area contributed by atoms with Crippen LogP contribution in [-0.4, -0.2) is 42.9 Å². The summed E-state index contributed by atoms with van der Waals surface area (Å²) in [6.45, 7) is 6.75. The lowest BCUT2D eigenvalue weighted by Crippen LogP contribution is -2.47. The zero-order chi connectivity index (χ0) is 16.4. The summed E-state index contributed by atoms with van der Waals surface area (Å²) in [5, 5.41) is 3.31. The summed E-state index contributed by atoms with van der Waals surface area (Å²) >= 11 is 1.50. The van der Waals surface area contributed by atoms with Crippen molar-refractivity contribution in [2.45, 2.75) is 64.2 Å². The van der Waals surface area contributed by atoms with E-state index in [9.17, 15) is 13.2 Å². The van der Waals surface area contributed by atoms with E-state index in [4.69, 9.17) is 0 Å². The highest BCUT2D eigenvalue weighted by atomic mass is 32.2. The zero-order valence-corrected chi connectivity index (χ0v) is 15.6. The fourth-order valence-electron chi connectivity index (χ4n) is 3.67. The van der Waals surface area contributed by atoms with E-state index in [2.05, 4.69) is 26.1 Å². The van der Waals surface area contributed by atoms with Gasteiger partial charge in [0.2, 0.25) is 5.91 Å². The van der Waals surface area contributed by atoms with Crippen molar-refractivity contribution in [3.05, 3.63) is 0 Å². The van der Waals surface area contributed by atoms with Gasteiger partial charge in [0.15, 0.2) is 9.84 Å². The summed E-state index contributed by atoms with van der Waals surface area (Å²) < 4.78 is 22.9. The van der Waals surface area contributed by atoms with E-state index >= 15 is 0 Å². The van der Waals surface area contributed by atoms with Crippen LogP contribution in [-0.2, 0) is 14.6 Å². The highest BCUT2D eigenvalue weighted by Crippen LogP contribution is 2.38. The number of amides is 1. The van der Waals surface area contributed by atoms with E-state index in [-0.39, 0.29) is 34.1 Å². The Morgan fingerprint density at radius 3 is 2.45 bits per heavy atom. The van der Waals surface area contributed by atoms with Gasteiger partial charge in [0.1, 0.15) is 0 Å². The van der Waals surface area contributed by atoms with Crippen molar-refractivity contribution in [1.29, 1.82) is 0 Å². The average Bonchev–Trinajstić information content (AvgIpc) is 2.75. The molecule has 0 radical (unpaired) electrons. The molecule has 4 nitrogen and oxygen atoms in total. The Morgan fingerprint density at radius 1 is 1.18 bits per heavy atom. The van der Waals surface area contributed by atoms with Crippen molar-refractivity contribution in [3.63, 3.8) is 0 Å². The molecule has 3 atom stereocenters. The van der Waals surface area contributed by atoms with Gasteiger partial charge in [-0.1, -0.05) is 33.6 Å². The van der Waals surface area contributed by atoms with Gasteiger partial charge in [-0.05, 0) is 30.6 Å². The number of thioether (sulfide) groups is 1. The summed E-state index contributed by atoms with van der Waals surface area (Å²) in [5.74, 6) is 1.49. The Morgan fingerprint density at radius 2 is 1.86 bits per heavy atom. The van der Waals surface area contributed by atoms with Gasteiger partial charge in [-0.15, -0.1) is 11.8 Å². The Hall–Kier alpha value is -0.230. The van der Waals surface area contributed by atoms with Crippen molar-refractivity contribution >= 4 is 27.5 Å². The minimum absolute atomic E-state index is 0.0652. The van der Waals surface area contributed by atoms with Gasteiger partial charge in [0, 0.05) is 11.3 Å². The predicted octanol–water partition coefficient (Wildman–Crippen LogP) is 2.63. The molecule has 0 aromatic rings. The minimum atomic E-state index is -2.85. The Balaban J connectivity index is 1.80. The quantitative estimate of drug-likeness (QED) is 0.849. The van der Waals surface area contributed by atoms with Crippen molar-refractivity contribution in [3.8, 4) is 0 Å². The van der Waals surface area contributed by atoms with Crippen LogP contribution in [0.1, 0.15) is 52.9 Å². The molecule has 2 fully saturated rings. The molecule has 1 N–H and O–H groups in total. The average molecular weight is 348 g/mol. The third-order valence-corrected chi connectivity index (χ3v) is 8.15. The number of carbonyl (C=O) groups is 1. The first kappa shape index (κ1) is 18.1. The molecule has 1 saturated heterocycles. The maximum absolute atomic E-state index is 12.2. The molecule has 0 bridgehead atoms. The number of carbonyl (C=O) groups excluding carboxylic acids is 1. The maximum Gasteiger partial charge on any atom is 0.230 e. The second-order valence-corrected chi connectivity index (χ2v) is 11.3.